The predicted molar refractivity (Wildman–Crippen MR) is 96.9 cm³/mol. The van der Waals surface area contributed by atoms with Crippen LogP contribution in [0.25, 0.3) is 0 Å². The smallest absolute Gasteiger partial charge is 0.410 e. The van der Waals surface area contributed by atoms with Gasteiger partial charge in [-0.25, -0.2) is 9.59 Å². The van der Waals surface area contributed by atoms with Crippen molar-refractivity contribution in [2.24, 2.45) is 0 Å². The van der Waals surface area contributed by atoms with Crippen LogP contribution >= 0.6 is 0 Å². The van der Waals surface area contributed by atoms with Gasteiger partial charge < -0.3 is 19.3 Å². The van der Waals surface area contributed by atoms with Gasteiger partial charge in [0.2, 0.25) is 0 Å². The Morgan fingerprint density at radius 3 is 2.37 bits per heavy atom. The molecule has 0 aromatic rings. The summed E-state index contributed by atoms with van der Waals surface area (Å²) in [6, 6.07) is 0. The third-order valence-electron chi connectivity index (χ3n) is 4.13. The Labute approximate surface area is 160 Å². The predicted octanol–water partition coefficient (Wildman–Crippen LogP) is 0.336. The first-order chi connectivity index (χ1) is 12.4. The third kappa shape index (κ3) is 7.51. The lowest BCUT2D eigenvalue weighted by molar-refractivity contribution is 0.0142. The molecular formula is C16H29N3O7S. The summed E-state index contributed by atoms with van der Waals surface area (Å²) in [4.78, 5) is 29.3. The van der Waals surface area contributed by atoms with Gasteiger partial charge in [0.1, 0.15) is 18.3 Å². The Morgan fingerprint density at radius 2 is 1.81 bits per heavy atom. The lowest BCUT2D eigenvalue weighted by Gasteiger charge is -2.36. The van der Waals surface area contributed by atoms with E-state index in [1.807, 2.05) is 20.8 Å². The van der Waals surface area contributed by atoms with Crippen molar-refractivity contribution in [1.29, 1.82) is 0 Å². The minimum atomic E-state index is -3.56. The standard InChI is InChI=1S/C16H29N3O7S/c1-16(2,3)26-15(21)18-8-5-17(6-9-18)7-10-19-11-13(25-14(19)20)12-24-27(4,22)23/h13H,5-12H2,1-4H3. The summed E-state index contributed by atoms with van der Waals surface area (Å²) in [6.07, 6.45) is -0.405. The molecule has 2 saturated heterocycles. The van der Waals surface area contributed by atoms with Crippen LogP contribution in [0.1, 0.15) is 20.8 Å². The first-order valence-electron chi connectivity index (χ1n) is 8.93. The largest absolute Gasteiger partial charge is 0.444 e. The minimum absolute atomic E-state index is 0.171. The molecule has 11 heteroatoms. The zero-order chi connectivity index (χ0) is 20.2. The van der Waals surface area contributed by atoms with E-state index in [2.05, 4.69) is 9.08 Å². The lowest BCUT2D eigenvalue weighted by Crippen LogP contribution is -2.51. The van der Waals surface area contributed by atoms with Crippen molar-refractivity contribution in [2.45, 2.75) is 32.5 Å². The SMILES string of the molecule is CC(C)(C)OC(=O)N1CCN(CCN2CC(COS(C)(=O)=O)OC2=O)CC1. The average molecular weight is 407 g/mol. The molecule has 1 atom stereocenters. The molecule has 2 rings (SSSR count). The molecule has 0 radical (unpaired) electrons. The zero-order valence-electron chi connectivity index (χ0n) is 16.3. The minimum Gasteiger partial charge on any atom is -0.444 e. The Morgan fingerprint density at radius 1 is 1.19 bits per heavy atom. The van der Waals surface area contributed by atoms with E-state index in [4.69, 9.17) is 9.47 Å². The summed E-state index contributed by atoms with van der Waals surface area (Å²) in [5.41, 5.74) is -0.512. The van der Waals surface area contributed by atoms with Crippen molar-refractivity contribution in [3.05, 3.63) is 0 Å². The van der Waals surface area contributed by atoms with Crippen LogP contribution in [0.2, 0.25) is 0 Å². The topological polar surface area (TPSA) is 106 Å². The highest BCUT2D eigenvalue weighted by Crippen LogP contribution is 2.14. The van der Waals surface area contributed by atoms with Crippen LogP contribution in [0.3, 0.4) is 0 Å². The summed E-state index contributed by atoms with van der Waals surface area (Å²) < 4.78 is 37.2. The van der Waals surface area contributed by atoms with Gasteiger partial charge >= 0.3 is 12.2 Å². The number of carbonyl (C=O) groups excluding carboxylic acids is 2. The Hall–Kier alpha value is -1.59. The molecular weight excluding hydrogens is 378 g/mol. The van der Waals surface area contributed by atoms with Crippen LogP contribution in [0.15, 0.2) is 0 Å². The number of rotatable bonds is 6. The molecule has 0 bridgehead atoms. The zero-order valence-corrected chi connectivity index (χ0v) is 17.2. The lowest BCUT2D eigenvalue weighted by atomic mass is 10.2. The second kappa shape index (κ2) is 8.61. The fourth-order valence-corrected chi connectivity index (χ4v) is 3.19. The normalized spacial score (nSPS) is 22.1. The Kier molecular flexibility index (Phi) is 6.92. The summed E-state index contributed by atoms with van der Waals surface area (Å²) in [5.74, 6) is 0. The molecule has 2 aliphatic rings. The number of ether oxygens (including phenoxy) is 2. The maximum Gasteiger partial charge on any atom is 0.410 e. The van der Waals surface area contributed by atoms with Gasteiger partial charge in [0, 0.05) is 39.3 Å². The highest BCUT2D eigenvalue weighted by atomic mass is 32.2. The van der Waals surface area contributed by atoms with E-state index in [1.54, 1.807) is 4.90 Å². The molecule has 156 valence electrons. The Balaban J connectivity index is 1.69. The van der Waals surface area contributed by atoms with E-state index in [9.17, 15) is 18.0 Å². The van der Waals surface area contributed by atoms with Gasteiger partial charge in [0.25, 0.3) is 10.1 Å². The van der Waals surface area contributed by atoms with Crippen molar-refractivity contribution in [3.63, 3.8) is 0 Å². The van der Waals surface area contributed by atoms with E-state index < -0.39 is 27.9 Å². The molecule has 0 aromatic carbocycles. The molecule has 10 nitrogen and oxygen atoms in total. The summed E-state index contributed by atoms with van der Waals surface area (Å²) in [7, 11) is -3.56. The molecule has 1 unspecified atom stereocenters. The molecule has 2 heterocycles. The van der Waals surface area contributed by atoms with Crippen LogP contribution in [-0.4, -0.2) is 106 Å². The monoisotopic (exact) mass is 407 g/mol. The average Bonchev–Trinajstić information content (AvgIpc) is 2.89. The van der Waals surface area contributed by atoms with Crippen LogP contribution < -0.4 is 0 Å². The first kappa shape index (κ1) is 21.7. The van der Waals surface area contributed by atoms with E-state index in [0.29, 0.717) is 45.8 Å². The van der Waals surface area contributed by atoms with Crippen LogP contribution in [0.4, 0.5) is 9.59 Å². The fraction of sp³-hybridized carbons (Fsp3) is 0.875. The molecule has 2 fully saturated rings. The number of piperazine rings is 1. The van der Waals surface area contributed by atoms with Gasteiger partial charge in [-0.3, -0.25) is 9.08 Å². The number of nitrogens with zero attached hydrogens (tertiary/aromatic N) is 3. The van der Waals surface area contributed by atoms with E-state index in [0.717, 1.165) is 6.26 Å². The van der Waals surface area contributed by atoms with Crippen LogP contribution in [0, 0.1) is 0 Å². The summed E-state index contributed by atoms with van der Waals surface area (Å²) >= 11 is 0. The van der Waals surface area contributed by atoms with Gasteiger partial charge in [0.15, 0.2) is 0 Å². The van der Waals surface area contributed by atoms with Gasteiger partial charge in [0.05, 0.1) is 12.8 Å². The van der Waals surface area contributed by atoms with Crippen molar-refractivity contribution in [1.82, 2.24) is 14.7 Å². The molecule has 0 aromatic heterocycles. The second-order valence-electron chi connectivity index (χ2n) is 7.75. The molecule has 0 aliphatic carbocycles. The van der Waals surface area contributed by atoms with E-state index in [1.165, 1.54) is 4.90 Å². The molecule has 0 spiro atoms. The van der Waals surface area contributed by atoms with Crippen molar-refractivity contribution in [2.75, 3.05) is 58.7 Å². The van der Waals surface area contributed by atoms with E-state index >= 15 is 0 Å². The third-order valence-corrected chi connectivity index (χ3v) is 4.69. The fourth-order valence-electron chi connectivity index (χ4n) is 2.79. The molecule has 2 amide bonds. The first-order valence-corrected chi connectivity index (χ1v) is 10.7. The molecule has 2 aliphatic heterocycles. The number of hydrogen-bond acceptors (Lipinski definition) is 8. The second-order valence-corrected chi connectivity index (χ2v) is 9.39. The van der Waals surface area contributed by atoms with E-state index in [-0.39, 0.29) is 12.7 Å². The molecule has 0 saturated carbocycles. The number of cyclic esters (lactones) is 1. The van der Waals surface area contributed by atoms with Crippen LogP contribution in [0.5, 0.6) is 0 Å². The van der Waals surface area contributed by atoms with Crippen molar-refractivity contribution >= 4 is 22.3 Å². The number of hydrogen-bond donors (Lipinski definition) is 0. The highest BCUT2D eigenvalue weighted by molar-refractivity contribution is 7.85. The highest BCUT2D eigenvalue weighted by Gasteiger charge is 2.33. The van der Waals surface area contributed by atoms with Gasteiger partial charge in [-0.1, -0.05) is 0 Å². The van der Waals surface area contributed by atoms with Gasteiger partial charge in [-0.05, 0) is 20.8 Å². The quantitative estimate of drug-likeness (QED) is 0.580. The molecule has 0 N–H and O–H groups in total. The van der Waals surface area contributed by atoms with Gasteiger partial charge in [-0.2, -0.15) is 8.42 Å². The van der Waals surface area contributed by atoms with Crippen LogP contribution in [-0.2, 0) is 23.8 Å². The Bertz CT molecular complexity index is 639. The maximum absolute atomic E-state index is 12.1. The molecule has 27 heavy (non-hydrogen) atoms. The number of carbonyl (C=O) groups is 2. The van der Waals surface area contributed by atoms with Crippen molar-refractivity contribution < 1.29 is 31.7 Å². The maximum atomic E-state index is 12.1. The van der Waals surface area contributed by atoms with Crippen molar-refractivity contribution in [3.8, 4) is 0 Å². The summed E-state index contributed by atoms with van der Waals surface area (Å²) in [6.45, 7) is 9.30. The summed E-state index contributed by atoms with van der Waals surface area (Å²) in [5, 5.41) is 0. The van der Waals surface area contributed by atoms with Gasteiger partial charge in [-0.15, -0.1) is 0 Å². The number of amides is 2.